The van der Waals surface area contributed by atoms with Crippen LogP contribution in [0.2, 0.25) is 0 Å². The molecule has 1 aromatic rings. The van der Waals surface area contributed by atoms with E-state index in [1.54, 1.807) is 19.9 Å². The molecule has 2 amide bonds. The SMILES string of the molecule is CC1=C(C)C(=O)N(NC2C=C(Cl)c3cc(C)ccc3N2)C1=O. The summed E-state index contributed by atoms with van der Waals surface area (Å²) in [6, 6.07) is 5.89. The molecule has 1 atom stereocenters. The number of imide groups is 1. The average molecular weight is 318 g/mol. The van der Waals surface area contributed by atoms with Crippen LogP contribution in [0.25, 0.3) is 5.03 Å². The van der Waals surface area contributed by atoms with Gasteiger partial charge in [-0.05, 0) is 39.0 Å². The third-order valence-corrected chi connectivity index (χ3v) is 4.26. The quantitative estimate of drug-likeness (QED) is 0.823. The smallest absolute Gasteiger partial charge is 0.271 e. The second-order valence-electron chi connectivity index (χ2n) is 5.51. The summed E-state index contributed by atoms with van der Waals surface area (Å²) < 4.78 is 0. The fraction of sp³-hybridized carbons (Fsp3) is 0.250. The Kier molecular flexibility index (Phi) is 3.54. The number of hydrazine groups is 1. The molecule has 2 aliphatic rings. The third-order valence-electron chi connectivity index (χ3n) is 3.93. The summed E-state index contributed by atoms with van der Waals surface area (Å²) >= 11 is 6.31. The van der Waals surface area contributed by atoms with Crippen LogP contribution in [0.15, 0.2) is 35.4 Å². The standard InChI is InChI=1S/C16H16ClN3O2/c1-8-4-5-13-11(6-8)12(17)7-14(18-13)19-20-15(21)9(2)10(3)16(20)22/h4-7,14,18-19H,1-3H3. The number of nitrogens with zero attached hydrogens (tertiary/aromatic N) is 1. The maximum Gasteiger partial charge on any atom is 0.271 e. The second-order valence-corrected chi connectivity index (χ2v) is 5.92. The van der Waals surface area contributed by atoms with E-state index in [1.165, 1.54) is 0 Å². The van der Waals surface area contributed by atoms with Crippen molar-refractivity contribution in [3.63, 3.8) is 0 Å². The number of amides is 2. The maximum atomic E-state index is 12.1. The van der Waals surface area contributed by atoms with E-state index in [-0.39, 0.29) is 11.8 Å². The van der Waals surface area contributed by atoms with Gasteiger partial charge in [0.05, 0.1) is 0 Å². The molecule has 0 fully saturated rings. The van der Waals surface area contributed by atoms with E-state index in [4.69, 9.17) is 11.6 Å². The molecule has 2 heterocycles. The van der Waals surface area contributed by atoms with Crippen LogP contribution in [-0.4, -0.2) is 23.0 Å². The third kappa shape index (κ3) is 2.32. The molecule has 2 aliphatic heterocycles. The predicted molar refractivity (Wildman–Crippen MR) is 85.8 cm³/mol. The summed E-state index contributed by atoms with van der Waals surface area (Å²) in [6.07, 6.45) is 1.31. The van der Waals surface area contributed by atoms with Crippen molar-refractivity contribution in [3.05, 3.63) is 46.5 Å². The van der Waals surface area contributed by atoms with E-state index >= 15 is 0 Å². The number of rotatable bonds is 2. The Labute approximate surface area is 133 Å². The fourth-order valence-corrected chi connectivity index (χ4v) is 2.78. The highest BCUT2D eigenvalue weighted by molar-refractivity contribution is 6.49. The van der Waals surface area contributed by atoms with Crippen LogP contribution in [0.4, 0.5) is 5.69 Å². The van der Waals surface area contributed by atoms with E-state index in [0.29, 0.717) is 16.2 Å². The summed E-state index contributed by atoms with van der Waals surface area (Å²) in [6.45, 7) is 5.28. The lowest BCUT2D eigenvalue weighted by Gasteiger charge is -2.28. The molecular weight excluding hydrogens is 302 g/mol. The fourth-order valence-electron chi connectivity index (χ4n) is 2.50. The first-order valence-electron chi connectivity index (χ1n) is 6.96. The Morgan fingerprint density at radius 2 is 1.77 bits per heavy atom. The molecule has 0 radical (unpaired) electrons. The second kappa shape index (κ2) is 5.26. The maximum absolute atomic E-state index is 12.1. The Hall–Kier alpha value is -2.11. The molecule has 1 unspecified atom stereocenters. The number of nitrogens with one attached hydrogen (secondary N) is 2. The van der Waals surface area contributed by atoms with Gasteiger partial charge < -0.3 is 5.32 Å². The van der Waals surface area contributed by atoms with Gasteiger partial charge in [0.25, 0.3) is 11.8 Å². The van der Waals surface area contributed by atoms with Gasteiger partial charge in [0.15, 0.2) is 0 Å². The molecule has 22 heavy (non-hydrogen) atoms. The van der Waals surface area contributed by atoms with Gasteiger partial charge in [-0.1, -0.05) is 23.2 Å². The van der Waals surface area contributed by atoms with E-state index in [9.17, 15) is 9.59 Å². The highest BCUT2D eigenvalue weighted by Crippen LogP contribution is 2.32. The molecular formula is C16H16ClN3O2. The normalized spacial score (nSPS) is 21.0. The molecule has 2 N–H and O–H groups in total. The van der Waals surface area contributed by atoms with Crippen LogP contribution < -0.4 is 10.7 Å². The van der Waals surface area contributed by atoms with Gasteiger partial charge in [-0.25, -0.2) is 5.01 Å². The molecule has 5 nitrogen and oxygen atoms in total. The Balaban J connectivity index is 1.82. The predicted octanol–water partition coefficient (Wildman–Crippen LogP) is 2.54. The number of halogens is 1. The zero-order valence-corrected chi connectivity index (χ0v) is 13.3. The van der Waals surface area contributed by atoms with E-state index in [1.807, 2.05) is 25.1 Å². The first kappa shape index (κ1) is 14.8. The van der Waals surface area contributed by atoms with Gasteiger partial charge in [0.1, 0.15) is 6.17 Å². The molecule has 1 aromatic carbocycles. The molecule has 0 aromatic heterocycles. The Morgan fingerprint density at radius 1 is 1.14 bits per heavy atom. The largest absolute Gasteiger partial charge is 0.365 e. The minimum absolute atomic E-state index is 0.330. The molecule has 0 saturated heterocycles. The molecule has 0 aliphatic carbocycles. The van der Waals surface area contributed by atoms with Crippen LogP contribution in [0, 0.1) is 6.92 Å². The first-order chi connectivity index (χ1) is 10.4. The molecule has 0 spiro atoms. The number of benzene rings is 1. The highest BCUT2D eigenvalue weighted by atomic mass is 35.5. The van der Waals surface area contributed by atoms with E-state index < -0.39 is 6.17 Å². The number of fused-ring (bicyclic) bond motifs is 1. The molecule has 114 valence electrons. The summed E-state index contributed by atoms with van der Waals surface area (Å²) in [5.74, 6) is -0.660. The number of aryl methyl sites for hydroxylation is 1. The molecule has 6 heteroatoms. The van der Waals surface area contributed by atoms with Crippen molar-refractivity contribution in [2.45, 2.75) is 26.9 Å². The number of anilines is 1. The number of carbonyl (C=O) groups excluding carboxylic acids is 2. The van der Waals surface area contributed by atoms with Gasteiger partial charge in [0.2, 0.25) is 0 Å². The van der Waals surface area contributed by atoms with Crippen LogP contribution >= 0.6 is 11.6 Å². The zero-order chi connectivity index (χ0) is 16.0. The van der Waals surface area contributed by atoms with Crippen molar-refractivity contribution in [2.75, 3.05) is 5.32 Å². The van der Waals surface area contributed by atoms with Crippen LogP contribution in [0.1, 0.15) is 25.0 Å². The number of hydrogen-bond donors (Lipinski definition) is 2. The lowest BCUT2D eigenvalue weighted by molar-refractivity contribution is -0.141. The average Bonchev–Trinajstić information content (AvgIpc) is 2.66. The van der Waals surface area contributed by atoms with Gasteiger partial charge in [-0.15, -0.1) is 0 Å². The summed E-state index contributed by atoms with van der Waals surface area (Å²) in [5, 5.41) is 4.82. The summed E-state index contributed by atoms with van der Waals surface area (Å²) in [5.41, 5.74) is 6.67. The van der Waals surface area contributed by atoms with Crippen molar-refractivity contribution >= 4 is 34.1 Å². The van der Waals surface area contributed by atoms with E-state index in [0.717, 1.165) is 21.8 Å². The highest BCUT2D eigenvalue weighted by Gasteiger charge is 2.35. The molecule has 0 saturated carbocycles. The number of hydrogen-bond acceptors (Lipinski definition) is 4. The van der Waals surface area contributed by atoms with Gasteiger partial charge in [0, 0.05) is 27.4 Å². The van der Waals surface area contributed by atoms with Gasteiger partial charge in [-0.2, -0.15) is 5.43 Å². The van der Waals surface area contributed by atoms with Crippen molar-refractivity contribution in [2.24, 2.45) is 0 Å². The summed E-state index contributed by atoms with van der Waals surface area (Å²) in [4.78, 5) is 24.1. The van der Waals surface area contributed by atoms with Crippen molar-refractivity contribution < 1.29 is 9.59 Å². The Morgan fingerprint density at radius 3 is 2.41 bits per heavy atom. The minimum Gasteiger partial charge on any atom is -0.365 e. The zero-order valence-electron chi connectivity index (χ0n) is 12.5. The van der Waals surface area contributed by atoms with Crippen molar-refractivity contribution in [1.29, 1.82) is 0 Å². The van der Waals surface area contributed by atoms with Crippen LogP contribution in [0.5, 0.6) is 0 Å². The topological polar surface area (TPSA) is 61.4 Å². The minimum atomic E-state index is -0.436. The number of carbonyl (C=O) groups is 2. The van der Waals surface area contributed by atoms with Crippen LogP contribution in [-0.2, 0) is 9.59 Å². The molecule has 3 rings (SSSR count). The lowest BCUT2D eigenvalue weighted by atomic mass is 10.1. The van der Waals surface area contributed by atoms with Gasteiger partial charge in [-0.3, -0.25) is 9.59 Å². The summed E-state index contributed by atoms with van der Waals surface area (Å²) in [7, 11) is 0. The van der Waals surface area contributed by atoms with Crippen LogP contribution in [0.3, 0.4) is 0 Å². The first-order valence-corrected chi connectivity index (χ1v) is 7.33. The van der Waals surface area contributed by atoms with Crippen molar-refractivity contribution in [3.8, 4) is 0 Å². The van der Waals surface area contributed by atoms with Crippen molar-refractivity contribution in [1.82, 2.24) is 10.4 Å². The Bertz CT molecular complexity index is 728. The monoisotopic (exact) mass is 317 g/mol. The lowest BCUT2D eigenvalue weighted by Crippen LogP contribution is -2.51. The van der Waals surface area contributed by atoms with E-state index in [2.05, 4.69) is 10.7 Å². The molecule has 0 bridgehead atoms. The van der Waals surface area contributed by atoms with Gasteiger partial charge >= 0.3 is 0 Å².